The molecule has 2 atom stereocenters. The summed E-state index contributed by atoms with van der Waals surface area (Å²) >= 11 is 0. The summed E-state index contributed by atoms with van der Waals surface area (Å²) in [7, 11) is 0. The van der Waals surface area contributed by atoms with E-state index in [0.717, 1.165) is 30.8 Å². The van der Waals surface area contributed by atoms with Gasteiger partial charge in [0.1, 0.15) is 6.04 Å². The number of piperidine rings is 2. The van der Waals surface area contributed by atoms with Crippen molar-refractivity contribution in [3.05, 3.63) is 34.9 Å². The molecule has 1 aromatic carbocycles. The van der Waals surface area contributed by atoms with Crippen LogP contribution in [0.25, 0.3) is 0 Å². The van der Waals surface area contributed by atoms with Crippen LogP contribution in [0.3, 0.4) is 0 Å². The average Bonchev–Trinajstić information content (AvgIpc) is 2.99. The lowest BCUT2D eigenvalue weighted by Gasteiger charge is -2.35. The van der Waals surface area contributed by atoms with Gasteiger partial charge in [-0.05, 0) is 41.9 Å². The summed E-state index contributed by atoms with van der Waals surface area (Å²) in [5.74, 6) is -0.754. The summed E-state index contributed by atoms with van der Waals surface area (Å²) in [6, 6.07) is 5.85. The number of hydrogen-bond acceptors (Lipinski definition) is 5. The summed E-state index contributed by atoms with van der Waals surface area (Å²) in [6.45, 7) is 7.75. The number of nitrogens with zero attached hydrogens (tertiary/aromatic N) is 1. The number of imide groups is 1. The molecular weight excluding hydrogens is 368 g/mol. The lowest BCUT2D eigenvalue weighted by Crippen LogP contribution is -2.52. The number of carbonyl (C=O) groups excluding carboxylic acids is 3. The van der Waals surface area contributed by atoms with Gasteiger partial charge in [-0.15, -0.1) is 0 Å². The van der Waals surface area contributed by atoms with Crippen LogP contribution < -0.4 is 16.0 Å². The molecule has 4 rings (SSSR count). The van der Waals surface area contributed by atoms with Gasteiger partial charge in [-0.2, -0.15) is 0 Å². The Morgan fingerprint density at radius 3 is 2.76 bits per heavy atom. The Hall–Kier alpha value is -2.25. The van der Waals surface area contributed by atoms with Crippen molar-refractivity contribution in [3.8, 4) is 0 Å². The van der Waals surface area contributed by atoms with Crippen molar-refractivity contribution in [3.63, 3.8) is 0 Å². The first-order valence-corrected chi connectivity index (χ1v) is 10.5. The van der Waals surface area contributed by atoms with Crippen LogP contribution in [-0.4, -0.2) is 47.8 Å². The van der Waals surface area contributed by atoms with Crippen LogP contribution in [-0.2, 0) is 22.7 Å². The maximum Gasteiger partial charge on any atom is 0.255 e. The molecule has 3 aliphatic heterocycles. The lowest BCUT2D eigenvalue weighted by molar-refractivity contribution is -0.136. The number of amides is 3. The fourth-order valence-electron chi connectivity index (χ4n) is 4.48. The van der Waals surface area contributed by atoms with Gasteiger partial charge in [0.15, 0.2) is 0 Å². The van der Waals surface area contributed by atoms with Crippen molar-refractivity contribution < 1.29 is 14.4 Å². The molecule has 0 saturated carbocycles. The zero-order valence-electron chi connectivity index (χ0n) is 17.2. The van der Waals surface area contributed by atoms with Gasteiger partial charge in [-0.25, -0.2) is 0 Å². The second-order valence-corrected chi connectivity index (χ2v) is 9.30. The molecule has 0 radical (unpaired) electrons. The number of benzene rings is 1. The highest BCUT2D eigenvalue weighted by atomic mass is 16.2. The van der Waals surface area contributed by atoms with Crippen LogP contribution >= 0.6 is 0 Å². The first-order valence-electron chi connectivity index (χ1n) is 10.5. The van der Waals surface area contributed by atoms with E-state index in [1.165, 1.54) is 12.8 Å². The molecule has 0 aromatic heterocycles. The molecule has 7 nitrogen and oxygen atoms in total. The Morgan fingerprint density at radius 1 is 1.21 bits per heavy atom. The molecule has 156 valence electrons. The van der Waals surface area contributed by atoms with Crippen molar-refractivity contribution in [2.24, 2.45) is 5.41 Å². The third kappa shape index (κ3) is 4.36. The molecule has 0 bridgehead atoms. The maximum atomic E-state index is 12.7. The van der Waals surface area contributed by atoms with Crippen LogP contribution in [0.5, 0.6) is 0 Å². The minimum absolute atomic E-state index is 0.122. The second kappa shape index (κ2) is 7.88. The molecule has 0 aliphatic carbocycles. The summed E-state index contributed by atoms with van der Waals surface area (Å²) in [5.41, 5.74) is 3.14. The van der Waals surface area contributed by atoms with E-state index in [2.05, 4.69) is 35.9 Å². The predicted molar refractivity (Wildman–Crippen MR) is 109 cm³/mol. The third-order valence-electron chi connectivity index (χ3n) is 6.35. The number of rotatable bonds is 5. The topological polar surface area (TPSA) is 90.5 Å². The fraction of sp³-hybridized carbons (Fsp3) is 0.591. The number of nitrogens with one attached hydrogen (secondary N) is 3. The molecule has 2 unspecified atom stereocenters. The van der Waals surface area contributed by atoms with Gasteiger partial charge >= 0.3 is 0 Å². The van der Waals surface area contributed by atoms with E-state index in [9.17, 15) is 14.4 Å². The quantitative estimate of drug-likeness (QED) is 0.651. The average molecular weight is 399 g/mol. The van der Waals surface area contributed by atoms with Crippen molar-refractivity contribution in [1.29, 1.82) is 0 Å². The lowest BCUT2D eigenvalue weighted by atomic mass is 9.82. The smallest absolute Gasteiger partial charge is 0.255 e. The Kier molecular flexibility index (Phi) is 5.44. The van der Waals surface area contributed by atoms with Gasteiger partial charge in [0.05, 0.1) is 0 Å². The van der Waals surface area contributed by atoms with Crippen LogP contribution in [0.1, 0.15) is 61.0 Å². The highest BCUT2D eigenvalue weighted by molar-refractivity contribution is 6.05. The minimum atomic E-state index is -0.559. The maximum absolute atomic E-state index is 12.7. The monoisotopic (exact) mass is 398 g/mol. The summed E-state index contributed by atoms with van der Waals surface area (Å²) < 4.78 is 0. The Bertz CT molecular complexity index is 825. The molecule has 1 aromatic rings. The van der Waals surface area contributed by atoms with E-state index in [4.69, 9.17) is 0 Å². The van der Waals surface area contributed by atoms with Gasteiger partial charge in [0.25, 0.3) is 5.91 Å². The van der Waals surface area contributed by atoms with E-state index >= 15 is 0 Å². The van der Waals surface area contributed by atoms with Crippen LogP contribution in [0, 0.1) is 5.41 Å². The highest BCUT2D eigenvalue weighted by Gasteiger charge is 2.39. The van der Waals surface area contributed by atoms with Gasteiger partial charge in [-0.1, -0.05) is 26.0 Å². The van der Waals surface area contributed by atoms with Crippen molar-refractivity contribution in [2.45, 2.75) is 64.7 Å². The van der Waals surface area contributed by atoms with Gasteiger partial charge in [-0.3, -0.25) is 19.7 Å². The molecule has 29 heavy (non-hydrogen) atoms. The first-order chi connectivity index (χ1) is 13.8. The molecule has 7 heteroatoms. The van der Waals surface area contributed by atoms with E-state index in [0.29, 0.717) is 30.0 Å². The van der Waals surface area contributed by atoms with Crippen molar-refractivity contribution in [1.82, 2.24) is 20.9 Å². The number of hydrogen-bond donors (Lipinski definition) is 3. The molecule has 3 amide bonds. The van der Waals surface area contributed by atoms with Crippen LogP contribution in [0.2, 0.25) is 0 Å². The van der Waals surface area contributed by atoms with Crippen molar-refractivity contribution in [2.75, 3.05) is 13.1 Å². The van der Waals surface area contributed by atoms with Crippen LogP contribution in [0.4, 0.5) is 0 Å². The molecule has 2 fully saturated rings. The molecule has 0 spiro atoms. The largest absolute Gasteiger partial charge is 0.322 e. The molecule has 3 aliphatic rings. The summed E-state index contributed by atoms with van der Waals surface area (Å²) in [4.78, 5) is 37.9. The summed E-state index contributed by atoms with van der Waals surface area (Å²) in [5, 5.41) is 9.48. The molecular formula is C22H30N4O3. The standard InChI is InChI=1S/C22H30N4O3/c1-22(2)8-7-16(24-13-22)11-23-10-14-3-4-17-15(9-14)12-26(21(17)29)18-5-6-19(27)25-20(18)28/h3-4,9,16,18,23-24H,5-8,10-13H2,1-2H3,(H,25,27,28). The highest BCUT2D eigenvalue weighted by Crippen LogP contribution is 2.28. The Morgan fingerprint density at radius 2 is 2.03 bits per heavy atom. The van der Waals surface area contributed by atoms with E-state index < -0.39 is 6.04 Å². The third-order valence-corrected chi connectivity index (χ3v) is 6.35. The number of carbonyl (C=O) groups is 3. The predicted octanol–water partition coefficient (Wildman–Crippen LogP) is 1.32. The van der Waals surface area contributed by atoms with E-state index in [1.54, 1.807) is 4.90 Å². The number of fused-ring (bicyclic) bond motifs is 1. The second-order valence-electron chi connectivity index (χ2n) is 9.30. The van der Waals surface area contributed by atoms with E-state index in [-0.39, 0.29) is 24.1 Å². The van der Waals surface area contributed by atoms with Crippen molar-refractivity contribution >= 4 is 17.7 Å². The van der Waals surface area contributed by atoms with Gasteiger partial charge in [0, 0.05) is 44.2 Å². The fourth-order valence-corrected chi connectivity index (χ4v) is 4.48. The first kappa shape index (κ1) is 20.0. The Balaban J connectivity index is 1.33. The van der Waals surface area contributed by atoms with E-state index in [1.807, 2.05) is 12.1 Å². The minimum Gasteiger partial charge on any atom is -0.322 e. The zero-order valence-corrected chi connectivity index (χ0v) is 17.2. The van der Waals surface area contributed by atoms with Crippen LogP contribution in [0.15, 0.2) is 18.2 Å². The van der Waals surface area contributed by atoms with Gasteiger partial charge < -0.3 is 15.5 Å². The summed E-state index contributed by atoms with van der Waals surface area (Å²) in [6.07, 6.45) is 3.09. The molecule has 2 saturated heterocycles. The normalized spacial score (nSPS) is 26.4. The molecule has 3 heterocycles. The van der Waals surface area contributed by atoms with Gasteiger partial charge in [0.2, 0.25) is 11.8 Å². The Labute approximate surface area is 171 Å². The zero-order chi connectivity index (χ0) is 20.6. The SMILES string of the molecule is CC1(C)CCC(CNCc2ccc3c(c2)CN(C2CCC(=O)NC2=O)C3=O)NC1. The molecule has 3 N–H and O–H groups in total.